The quantitative estimate of drug-likeness (QED) is 0.864. The first-order valence-corrected chi connectivity index (χ1v) is 8.19. The monoisotopic (exact) mass is 319 g/mol. The lowest BCUT2D eigenvalue weighted by atomic mass is 10.2. The van der Waals surface area contributed by atoms with E-state index in [4.69, 9.17) is 0 Å². The SMILES string of the molecule is O=C(NCC#Cc1ccccc1)N1CCN(c2ccccc2)CC1. The molecule has 2 amide bonds. The number of carbonyl (C=O) groups excluding carboxylic acids is 1. The van der Waals surface area contributed by atoms with E-state index in [1.807, 2.05) is 53.4 Å². The number of hydrogen-bond donors (Lipinski definition) is 1. The summed E-state index contributed by atoms with van der Waals surface area (Å²) in [6.45, 7) is 3.53. The van der Waals surface area contributed by atoms with E-state index in [-0.39, 0.29) is 6.03 Å². The van der Waals surface area contributed by atoms with Gasteiger partial charge in [0.1, 0.15) is 0 Å². The van der Waals surface area contributed by atoms with Gasteiger partial charge in [0.15, 0.2) is 0 Å². The Hall–Kier alpha value is -2.93. The normalized spacial score (nSPS) is 13.8. The van der Waals surface area contributed by atoms with Crippen LogP contribution < -0.4 is 10.2 Å². The highest BCUT2D eigenvalue weighted by atomic mass is 16.2. The number of nitrogens with zero attached hydrogens (tertiary/aromatic N) is 2. The summed E-state index contributed by atoms with van der Waals surface area (Å²) in [5.41, 5.74) is 2.18. The summed E-state index contributed by atoms with van der Waals surface area (Å²) in [6.07, 6.45) is 0. The Morgan fingerprint density at radius 1 is 0.917 bits per heavy atom. The third kappa shape index (κ3) is 4.30. The van der Waals surface area contributed by atoms with Crippen molar-refractivity contribution in [2.45, 2.75) is 0 Å². The molecule has 1 fully saturated rings. The topological polar surface area (TPSA) is 35.6 Å². The standard InChI is InChI=1S/C20H21N3O/c24-20(21-13-7-10-18-8-3-1-4-9-18)23-16-14-22(15-17-23)19-11-5-2-6-12-19/h1-6,8-9,11-12H,13-17H2,(H,21,24). The van der Waals surface area contributed by atoms with Gasteiger partial charge in [-0.25, -0.2) is 4.79 Å². The highest BCUT2D eigenvalue weighted by Gasteiger charge is 2.20. The van der Waals surface area contributed by atoms with E-state index in [0.717, 1.165) is 31.7 Å². The molecule has 2 aromatic rings. The second-order valence-electron chi connectivity index (χ2n) is 5.64. The van der Waals surface area contributed by atoms with Crippen LogP contribution >= 0.6 is 0 Å². The maximum Gasteiger partial charge on any atom is 0.318 e. The predicted octanol–water partition coefficient (Wildman–Crippen LogP) is 2.57. The molecule has 0 radical (unpaired) electrons. The number of benzene rings is 2. The maximum absolute atomic E-state index is 12.2. The molecule has 2 aromatic carbocycles. The number of hydrogen-bond acceptors (Lipinski definition) is 2. The van der Waals surface area contributed by atoms with Crippen molar-refractivity contribution >= 4 is 11.7 Å². The minimum atomic E-state index is -0.0370. The van der Waals surface area contributed by atoms with Crippen molar-refractivity contribution in [3.63, 3.8) is 0 Å². The van der Waals surface area contributed by atoms with Crippen molar-refractivity contribution in [1.82, 2.24) is 10.2 Å². The van der Waals surface area contributed by atoms with Crippen LogP contribution in [-0.4, -0.2) is 43.7 Å². The van der Waals surface area contributed by atoms with Crippen molar-refractivity contribution in [3.05, 3.63) is 66.2 Å². The van der Waals surface area contributed by atoms with Gasteiger partial charge in [-0.05, 0) is 24.3 Å². The van der Waals surface area contributed by atoms with Gasteiger partial charge in [-0.15, -0.1) is 0 Å². The summed E-state index contributed by atoms with van der Waals surface area (Å²) < 4.78 is 0. The van der Waals surface area contributed by atoms with Gasteiger partial charge >= 0.3 is 6.03 Å². The van der Waals surface area contributed by atoms with E-state index in [0.29, 0.717) is 6.54 Å². The lowest BCUT2D eigenvalue weighted by Gasteiger charge is -2.35. The molecule has 4 heteroatoms. The Kier molecular flexibility index (Phi) is 5.36. The second-order valence-corrected chi connectivity index (χ2v) is 5.64. The van der Waals surface area contributed by atoms with Crippen molar-refractivity contribution in [2.24, 2.45) is 0 Å². The summed E-state index contributed by atoms with van der Waals surface area (Å²) in [7, 11) is 0. The van der Waals surface area contributed by atoms with Gasteiger partial charge in [0.25, 0.3) is 0 Å². The fourth-order valence-corrected chi connectivity index (χ4v) is 2.71. The van der Waals surface area contributed by atoms with E-state index in [1.54, 1.807) is 0 Å². The van der Waals surface area contributed by atoms with Crippen LogP contribution in [-0.2, 0) is 0 Å². The van der Waals surface area contributed by atoms with Crippen LogP contribution in [0.1, 0.15) is 5.56 Å². The zero-order valence-corrected chi connectivity index (χ0v) is 13.6. The molecule has 1 saturated heterocycles. The first-order chi connectivity index (χ1) is 11.8. The Morgan fingerprint density at radius 3 is 2.21 bits per heavy atom. The maximum atomic E-state index is 12.2. The second kappa shape index (κ2) is 8.07. The summed E-state index contributed by atoms with van der Waals surface area (Å²) in [6, 6.07) is 20.1. The summed E-state index contributed by atoms with van der Waals surface area (Å²) in [4.78, 5) is 16.3. The molecule has 0 aromatic heterocycles. The number of urea groups is 1. The zero-order valence-electron chi connectivity index (χ0n) is 13.6. The van der Waals surface area contributed by atoms with Crippen LogP contribution in [0.25, 0.3) is 0 Å². The van der Waals surface area contributed by atoms with Crippen molar-refractivity contribution in [1.29, 1.82) is 0 Å². The average molecular weight is 319 g/mol. The smallest absolute Gasteiger partial charge is 0.318 e. The average Bonchev–Trinajstić information content (AvgIpc) is 2.67. The van der Waals surface area contributed by atoms with Crippen molar-refractivity contribution in [3.8, 4) is 11.8 Å². The molecule has 0 spiro atoms. The molecule has 1 N–H and O–H groups in total. The number of amides is 2. The lowest BCUT2D eigenvalue weighted by Crippen LogP contribution is -2.51. The van der Waals surface area contributed by atoms with Gasteiger partial charge in [0.05, 0.1) is 6.54 Å². The summed E-state index contributed by atoms with van der Waals surface area (Å²) in [5.74, 6) is 6.03. The Labute approximate surface area is 143 Å². The molecule has 1 aliphatic heterocycles. The number of anilines is 1. The Bertz CT molecular complexity index is 711. The minimum absolute atomic E-state index is 0.0370. The van der Waals surface area contributed by atoms with Gasteiger partial charge in [0.2, 0.25) is 0 Å². The van der Waals surface area contributed by atoms with Crippen LogP contribution in [0.5, 0.6) is 0 Å². The molecule has 0 atom stereocenters. The van der Waals surface area contributed by atoms with Crippen LogP contribution in [0.3, 0.4) is 0 Å². The molecule has 24 heavy (non-hydrogen) atoms. The molecule has 4 nitrogen and oxygen atoms in total. The third-order valence-electron chi connectivity index (χ3n) is 4.02. The zero-order chi connectivity index (χ0) is 16.6. The summed E-state index contributed by atoms with van der Waals surface area (Å²) in [5, 5.41) is 2.87. The van der Waals surface area contributed by atoms with Crippen LogP contribution in [0.4, 0.5) is 10.5 Å². The van der Waals surface area contributed by atoms with Gasteiger partial charge < -0.3 is 15.1 Å². The number of piperazine rings is 1. The van der Waals surface area contributed by atoms with E-state index in [9.17, 15) is 4.79 Å². The highest BCUT2D eigenvalue weighted by Crippen LogP contribution is 2.15. The molecule has 122 valence electrons. The van der Waals surface area contributed by atoms with Gasteiger partial charge in [-0.2, -0.15) is 0 Å². The van der Waals surface area contributed by atoms with E-state index >= 15 is 0 Å². The molecule has 0 saturated carbocycles. The van der Waals surface area contributed by atoms with Crippen LogP contribution in [0.2, 0.25) is 0 Å². The Balaban J connectivity index is 1.43. The van der Waals surface area contributed by atoms with Gasteiger partial charge in [-0.3, -0.25) is 0 Å². The first-order valence-electron chi connectivity index (χ1n) is 8.19. The molecule has 1 heterocycles. The van der Waals surface area contributed by atoms with Gasteiger partial charge in [0, 0.05) is 37.4 Å². The number of rotatable bonds is 2. The van der Waals surface area contributed by atoms with Crippen molar-refractivity contribution in [2.75, 3.05) is 37.6 Å². The Morgan fingerprint density at radius 2 is 1.54 bits per heavy atom. The molecule has 0 unspecified atom stereocenters. The molecule has 3 rings (SSSR count). The fourth-order valence-electron chi connectivity index (χ4n) is 2.71. The molecule has 1 aliphatic rings. The number of para-hydroxylation sites is 1. The largest absolute Gasteiger partial charge is 0.368 e. The summed E-state index contributed by atoms with van der Waals surface area (Å²) >= 11 is 0. The van der Waals surface area contributed by atoms with E-state index < -0.39 is 0 Å². The van der Waals surface area contributed by atoms with E-state index in [2.05, 4.69) is 34.2 Å². The number of nitrogens with one attached hydrogen (secondary N) is 1. The lowest BCUT2D eigenvalue weighted by molar-refractivity contribution is 0.195. The van der Waals surface area contributed by atoms with Gasteiger partial charge in [-0.1, -0.05) is 48.2 Å². The molecule has 0 bridgehead atoms. The number of carbonyl (C=O) groups is 1. The van der Waals surface area contributed by atoms with Crippen LogP contribution in [0.15, 0.2) is 60.7 Å². The third-order valence-corrected chi connectivity index (χ3v) is 4.02. The minimum Gasteiger partial charge on any atom is -0.368 e. The first kappa shape index (κ1) is 15.9. The molecular formula is C20H21N3O. The highest BCUT2D eigenvalue weighted by molar-refractivity contribution is 5.74. The molecule has 0 aliphatic carbocycles. The fraction of sp³-hybridized carbons (Fsp3) is 0.250. The molecular weight excluding hydrogens is 298 g/mol. The van der Waals surface area contributed by atoms with E-state index in [1.165, 1.54) is 5.69 Å². The van der Waals surface area contributed by atoms with Crippen molar-refractivity contribution < 1.29 is 4.79 Å². The predicted molar refractivity (Wildman–Crippen MR) is 96.9 cm³/mol. The van der Waals surface area contributed by atoms with Crippen LogP contribution in [0, 0.1) is 11.8 Å².